The minimum absolute atomic E-state index is 0. The van der Waals surface area contributed by atoms with E-state index in [4.69, 9.17) is 0 Å². The molecule has 0 saturated heterocycles. The molecule has 0 bridgehead atoms. The maximum Gasteiger partial charge on any atom is 0.338 e. The van der Waals surface area contributed by atoms with E-state index in [2.05, 4.69) is 20.2 Å². The van der Waals surface area contributed by atoms with Gasteiger partial charge in [0.1, 0.15) is 0 Å². The van der Waals surface area contributed by atoms with Gasteiger partial charge in [-0.05, 0) is 48.2 Å². The van der Waals surface area contributed by atoms with E-state index in [1.54, 1.807) is 24.3 Å². The molecule has 4 aromatic carbocycles. The van der Waals surface area contributed by atoms with Crippen LogP contribution in [-0.4, -0.2) is 74.2 Å². The molecule has 2 aromatic heterocycles. The van der Waals surface area contributed by atoms with Crippen LogP contribution in [0.3, 0.4) is 0 Å². The molecular formula is C40H36CoN8O10. The summed E-state index contributed by atoms with van der Waals surface area (Å²) in [5.41, 5.74) is 1.93. The van der Waals surface area contributed by atoms with Gasteiger partial charge in [0.25, 0.3) is 11.4 Å². The van der Waals surface area contributed by atoms with Gasteiger partial charge in [0, 0.05) is 53.5 Å². The van der Waals surface area contributed by atoms with E-state index in [-0.39, 0.29) is 74.3 Å². The van der Waals surface area contributed by atoms with Crippen LogP contribution < -0.4 is 0 Å². The summed E-state index contributed by atoms with van der Waals surface area (Å²) in [6.07, 6.45) is 2.65. The third kappa shape index (κ3) is 10.1. The number of hydrogen-bond acceptors (Lipinski definition) is 12. The predicted octanol–water partition coefficient (Wildman–Crippen LogP) is 8.11. The molecule has 2 heterocycles. The van der Waals surface area contributed by atoms with Gasteiger partial charge in [0.2, 0.25) is 11.8 Å². The van der Waals surface area contributed by atoms with E-state index in [0.29, 0.717) is 33.9 Å². The molecule has 6 aromatic rings. The Kier molecular flexibility index (Phi) is 14.3. The van der Waals surface area contributed by atoms with Crippen LogP contribution in [0, 0.1) is 20.2 Å². The van der Waals surface area contributed by atoms with E-state index in [9.17, 15) is 50.2 Å². The van der Waals surface area contributed by atoms with Gasteiger partial charge in [-0.2, -0.15) is 10.2 Å². The SMILES string of the molecule is CC(C)c1nn(-c2ccccc2)c(O)c1C=Nc1ccc([N+](=O)[O-])cc1C(=O)O.CC(C)c1nn(-c2ccccc2)c(O)c1C=Nc1ccc([N+](=O)[O-])cc1C(=O)O.[Co]. The number of carbonyl (C=O) groups is 2. The molecule has 19 heteroatoms. The van der Waals surface area contributed by atoms with Crippen LogP contribution in [0.25, 0.3) is 11.4 Å². The molecule has 0 aliphatic heterocycles. The molecule has 0 atom stereocenters. The monoisotopic (exact) mass is 847 g/mol. The minimum atomic E-state index is -1.34. The molecule has 0 saturated carbocycles. The van der Waals surface area contributed by atoms with E-state index in [1.807, 2.05) is 64.1 Å². The summed E-state index contributed by atoms with van der Waals surface area (Å²) in [5.74, 6) is -3.03. The fourth-order valence-electron chi connectivity index (χ4n) is 5.59. The van der Waals surface area contributed by atoms with Crippen molar-refractivity contribution in [2.24, 2.45) is 9.98 Å². The van der Waals surface area contributed by atoms with Crippen LogP contribution in [0.15, 0.2) is 107 Å². The molecule has 0 amide bonds. The Hall–Kier alpha value is -7.51. The molecule has 0 unspecified atom stereocenters. The Morgan fingerprint density at radius 1 is 0.627 bits per heavy atom. The number of aromatic nitrogens is 4. The molecular weight excluding hydrogens is 811 g/mol. The number of nitro groups is 2. The van der Waals surface area contributed by atoms with Gasteiger partial charge < -0.3 is 20.4 Å². The standard InChI is InChI=1S/2C20H18N4O5.Co/c2*1-12(2)18-16(19(25)23(22-18)13-6-4-3-5-7-13)11-21-17-9-8-14(24(28)29)10-15(17)20(26)27;/h2*3-12,25H,1-2H3,(H,26,27);. The van der Waals surface area contributed by atoms with Gasteiger partial charge >= 0.3 is 11.9 Å². The largest absolute Gasteiger partial charge is 0.493 e. The zero-order chi connectivity index (χ0) is 42.3. The summed E-state index contributed by atoms with van der Waals surface area (Å²) in [6.45, 7) is 7.62. The Bertz CT molecular complexity index is 2390. The van der Waals surface area contributed by atoms with Crippen molar-refractivity contribution in [3.63, 3.8) is 0 Å². The van der Waals surface area contributed by atoms with Crippen LogP contribution in [-0.2, 0) is 16.8 Å². The van der Waals surface area contributed by atoms with Gasteiger partial charge in [-0.3, -0.25) is 30.2 Å². The third-order valence-electron chi connectivity index (χ3n) is 8.45. The van der Waals surface area contributed by atoms with E-state index in [0.717, 1.165) is 12.1 Å². The summed E-state index contributed by atoms with van der Waals surface area (Å²) in [4.78, 5) is 51.7. The van der Waals surface area contributed by atoms with Gasteiger partial charge in [0.05, 0.1) is 66.2 Å². The van der Waals surface area contributed by atoms with Crippen molar-refractivity contribution >= 4 is 47.1 Å². The number of nitrogens with zero attached hydrogens (tertiary/aromatic N) is 8. The number of carboxylic acids is 2. The van der Waals surface area contributed by atoms with E-state index in [1.165, 1.54) is 46.1 Å². The van der Waals surface area contributed by atoms with Crippen LogP contribution in [0.5, 0.6) is 11.8 Å². The molecule has 0 aliphatic rings. The third-order valence-corrected chi connectivity index (χ3v) is 8.45. The van der Waals surface area contributed by atoms with Crippen molar-refractivity contribution in [2.45, 2.75) is 39.5 Å². The van der Waals surface area contributed by atoms with Crippen LogP contribution >= 0.6 is 0 Å². The molecule has 0 aliphatic carbocycles. The van der Waals surface area contributed by atoms with Crippen LogP contribution in [0.1, 0.15) is 82.8 Å². The summed E-state index contributed by atoms with van der Waals surface area (Å²) < 4.78 is 2.76. The second-order valence-corrected chi connectivity index (χ2v) is 13.1. The summed E-state index contributed by atoms with van der Waals surface area (Å²) in [7, 11) is 0. The Morgan fingerprint density at radius 3 is 1.25 bits per heavy atom. The summed E-state index contributed by atoms with van der Waals surface area (Å²) in [6, 6.07) is 24.9. The maximum absolute atomic E-state index is 11.5. The maximum atomic E-state index is 11.5. The summed E-state index contributed by atoms with van der Waals surface area (Å²) >= 11 is 0. The molecule has 18 nitrogen and oxygen atoms in total. The first-order valence-corrected chi connectivity index (χ1v) is 17.4. The second-order valence-electron chi connectivity index (χ2n) is 13.1. The topological polar surface area (TPSA) is 262 Å². The van der Waals surface area contributed by atoms with E-state index < -0.39 is 21.8 Å². The second kappa shape index (κ2) is 19.1. The number of nitro benzene ring substituents is 2. The fourth-order valence-corrected chi connectivity index (χ4v) is 5.59. The minimum Gasteiger partial charge on any atom is -0.493 e. The Balaban J connectivity index is 0.000000256. The molecule has 6 rings (SSSR count). The molecule has 4 N–H and O–H groups in total. The number of aromatic hydroxyl groups is 2. The summed E-state index contributed by atoms with van der Waals surface area (Å²) in [5, 5.41) is 70.8. The molecule has 305 valence electrons. The molecule has 0 spiro atoms. The van der Waals surface area contributed by atoms with Crippen molar-refractivity contribution in [3.05, 3.63) is 151 Å². The van der Waals surface area contributed by atoms with Gasteiger partial charge in [-0.25, -0.2) is 19.0 Å². The number of aliphatic imine (C=N–C) groups is 2. The molecule has 1 radical (unpaired) electrons. The van der Waals surface area contributed by atoms with Crippen LogP contribution in [0.4, 0.5) is 22.7 Å². The molecule has 59 heavy (non-hydrogen) atoms. The van der Waals surface area contributed by atoms with Crippen molar-refractivity contribution < 1.29 is 56.6 Å². The zero-order valence-corrected chi connectivity index (χ0v) is 32.7. The molecule has 0 fully saturated rings. The smallest absolute Gasteiger partial charge is 0.338 e. The number of para-hydroxylation sites is 2. The number of hydrogen-bond donors (Lipinski definition) is 4. The average Bonchev–Trinajstić information content (AvgIpc) is 3.72. The van der Waals surface area contributed by atoms with E-state index >= 15 is 0 Å². The number of non-ortho nitro benzene ring substituents is 2. The van der Waals surface area contributed by atoms with Crippen molar-refractivity contribution in [1.29, 1.82) is 0 Å². The average molecular weight is 848 g/mol. The van der Waals surface area contributed by atoms with Gasteiger partial charge in [0.15, 0.2) is 0 Å². The van der Waals surface area contributed by atoms with Gasteiger partial charge in [-0.1, -0.05) is 64.1 Å². The van der Waals surface area contributed by atoms with Gasteiger partial charge in [-0.15, -0.1) is 0 Å². The zero-order valence-electron chi connectivity index (χ0n) is 31.7. The first kappa shape index (κ1) is 44.2. The fraction of sp³-hybridized carbons (Fsp3) is 0.150. The quantitative estimate of drug-likeness (QED) is 0.0517. The van der Waals surface area contributed by atoms with Crippen molar-refractivity contribution in [3.8, 4) is 23.1 Å². The first-order valence-electron chi connectivity index (χ1n) is 17.4. The Morgan fingerprint density at radius 2 is 0.966 bits per heavy atom. The van der Waals surface area contributed by atoms with Crippen LogP contribution in [0.2, 0.25) is 0 Å². The number of aromatic carboxylic acids is 2. The predicted molar refractivity (Wildman–Crippen MR) is 213 cm³/mol. The Labute approximate surface area is 346 Å². The van der Waals surface area contributed by atoms with Crippen molar-refractivity contribution in [1.82, 2.24) is 19.6 Å². The number of benzene rings is 4. The number of rotatable bonds is 12. The number of carboxylic acid groups (broad SMARTS) is 2. The normalized spacial score (nSPS) is 11.1. The van der Waals surface area contributed by atoms with Crippen molar-refractivity contribution in [2.75, 3.05) is 0 Å². The first-order chi connectivity index (χ1) is 27.6.